The molecule has 1 saturated carbocycles. The third-order valence-electron chi connectivity index (χ3n) is 7.55. The Balaban J connectivity index is 1.87. The molecule has 0 spiro atoms. The van der Waals surface area contributed by atoms with Crippen LogP contribution in [0.25, 0.3) is 0 Å². The fraction of sp³-hybridized carbons (Fsp3) is 0.485. The minimum Gasteiger partial charge on any atom is -0.497 e. The van der Waals surface area contributed by atoms with Crippen LogP contribution in [0.4, 0.5) is 0 Å². The van der Waals surface area contributed by atoms with E-state index >= 15 is 0 Å². The van der Waals surface area contributed by atoms with Crippen molar-refractivity contribution in [2.75, 3.05) is 13.7 Å². The van der Waals surface area contributed by atoms with Crippen molar-refractivity contribution in [3.63, 3.8) is 0 Å². The Labute approximate surface area is 261 Å². The standard InChI is InChI=1S/C33H37NO11/c1-18(35)40-17-29-31(41-19(2)36)33(43-21(4)38)32(42-20(3)37)30(45-29)27-14-23(13-22-9-11-25(39-5)12-10-22)24(16-34)15-28(27)44-26-7-6-8-26/h9-12,14-15,26,29-33H,6-8,13,17H2,1-5H3/t29-,30+,31-,32+,33+/m1/s1. The summed E-state index contributed by atoms with van der Waals surface area (Å²) in [5.41, 5.74) is 2.32. The van der Waals surface area contributed by atoms with Gasteiger partial charge in [0.05, 0.1) is 24.8 Å². The maximum Gasteiger partial charge on any atom is 0.303 e. The summed E-state index contributed by atoms with van der Waals surface area (Å²) in [5, 5.41) is 10.1. The predicted molar refractivity (Wildman–Crippen MR) is 156 cm³/mol. The van der Waals surface area contributed by atoms with Crippen molar-refractivity contribution in [2.24, 2.45) is 0 Å². The van der Waals surface area contributed by atoms with E-state index in [1.54, 1.807) is 19.2 Å². The van der Waals surface area contributed by atoms with Crippen molar-refractivity contribution in [3.05, 3.63) is 58.7 Å². The van der Waals surface area contributed by atoms with Gasteiger partial charge in [-0.25, -0.2) is 0 Å². The van der Waals surface area contributed by atoms with Crippen molar-refractivity contribution in [1.82, 2.24) is 0 Å². The van der Waals surface area contributed by atoms with Crippen LogP contribution in [0.3, 0.4) is 0 Å². The second kappa shape index (κ2) is 14.9. The number of benzene rings is 2. The second-order valence-electron chi connectivity index (χ2n) is 11.0. The van der Waals surface area contributed by atoms with Crippen molar-refractivity contribution in [1.29, 1.82) is 5.26 Å². The average Bonchev–Trinajstić information content (AvgIpc) is 2.96. The van der Waals surface area contributed by atoms with Gasteiger partial charge in [-0.1, -0.05) is 12.1 Å². The first-order chi connectivity index (χ1) is 21.5. The van der Waals surface area contributed by atoms with E-state index < -0.39 is 54.4 Å². The van der Waals surface area contributed by atoms with E-state index in [4.69, 9.17) is 33.2 Å². The first-order valence-corrected chi connectivity index (χ1v) is 14.7. The molecular weight excluding hydrogens is 586 g/mol. The van der Waals surface area contributed by atoms with E-state index in [1.807, 2.05) is 24.3 Å². The third-order valence-corrected chi connectivity index (χ3v) is 7.55. The lowest BCUT2D eigenvalue weighted by molar-refractivity contribution is -0.254. The fourth-order valence-corrected chi connectivity index (χ4v) is 5.33. The lowest BCUT2D eigenvalue weighted by Gasteiger charge is -2.45. The molecular formula is C33H37NO11. The Bertz CT molecular complexity index is 1440. The lowest BCUT2D eigenvalue weighted by atomic mass is 9.87. The molecule has 45 heavy (non-hydrogen) atoms. The van der Waals surface area contributed by atoms with E-state index in [-0.39, 0.29) is 12.7 Å². The number of esters is 4. The lowest BCUT2D eigenvalue weighted by Crippen LogP contribution is -2.59. The fourth-order valence-electron chi connectivity index (χ4n) is 5.33. The summed E-state index contributed by atoms with van der Waals surface area (Å²) in [6, 6.07) is 13.0. The molecule has 2 fully saturated rings. The van der Waals surface area contributed by atoms with Gasteiger partial charge in [0.25, 0.3) is 0 Å². The Kier molecular flexibility index (Phi) is 11.0. The molecule has 0 amide bonds. The van der Waals surface area contributed by atoms with Crippen LogP contribution in [0.1, 0.15) is 75.3 Å². The molecule has 12 heteroatoms. The number of hydrogen-bond donors (Lipinski definition) is 0. The summed E-state index contributed by atoms with van der Waals surface area (Å²) >= 11 is 0. The molecule has 2 aromatic carbocycles. The summed E-state index contributed by atoms with van der Waals surface area (Å²) in [5.74, 6) is -1.76. The average molecular weight is 624 g/mol. The van der Waals surface area contributed by atoms with E-state index in [1.165, 1.54) is 20.8 Å². The zero-order valence-electron chi connectivity index (χ0n) is 25.9. The van der Waals surface area contributed by atoms with Crippen LogP contribution in [-0.4, -0.2) is 68.1 Å². The molecule has 0 bridgehead atoms. The van der Waals surface area contributed by atoms with Crippen LogP contribution < -0.4 is 9.47 Å². The number of nitriles is 1. The molecule has 4 rings (SSSR count). The van der Waals surface area contributed by atoms with E-state index in [0.29, 0.717) is 34.6 Å². The zero-order valence-corrected chi connectivity index (χ0v) is 25.9. The topological polar surface area (TPSA) is 157 Å². The molecule has 1 aliphatic carbocycles. The van der Waals surface area contributed by atoms with Crippen molar-refractivity contribution in [3.8, 4) is 17.6 Å². The smallest absolute Gasteiger partial charge is 0.303 e. The highest BCUT2D eigenvalue weighted by molar-refractivity contribution is 5.69. The Morgan fingerprint density at radius 3 is 2.02 bits per heavy atom. The van der Waals surface area contributed by atoms with Gasteiger partial charge in [0, 0.05) is 33.3 Å². The van der Waals surface area contributed by atoms with E-state index in [0.717, 1.165) is 31.7 Å². The molecule has 1 aliphatic heterocycles. The quantitative estimate of drug-likeness (QED) is 0.263. The normalized spacial score (nSPS) is 22.6. The van der Waals surface area contributed by atoms with Crippen molar-refractivity contribution >= 4 is 23.9 Å². The molecule has 1 heterocycles. The Hall–Kier alpha value is -4.63. The molecule has 0 N–H and O–H groups in total. The number of nitrogens with zero attached hydrogens (tertiary/aromatic N) is 1. The van der Waals surface area contributed by atoms with Gasteiger partial charge in [0.15, 0.2) is 18.3 Å². The molecule has 0 unspecified atom stereocenters. The first-order valence-electron chi connectivity index (χ1n) is 14.7. The maximum atomic E-state index is 12.4. The van der Waals surface area contributed by atoms with Gasteiger partial charge in [0.1, 0.15) is 30.3 Å². The van der Waals surface area contributed by atoms with Crippen LogP contribution >= 0.6 is 0 Å². The number of rotatable bonds is 11. The van der Waals surface area contributed by atoms with E-state index in [2.05, 4.69) is 6.07 Å². The van der Waals surface area contributed by atoms with Gasteiger partial charge in [-0.15, -0.1) is 0 Å². The molecule has 2 aliphatic rings. The SMILES string of the molecule is COc1ccc(Cc2cc([C@@H]3O[C@H](COC(C)=O)[C@@H](OC(C)=O)[C@H](OC(C)=O)[C@H]3OC(C)=O)c(OC3CCC3)cc2C#N)cc1. The molecule has 12 nitrogen and oxygen atoms in total. The number of ether oxygens (including phenoxy) is 7. The van der Waals surface area contributed by atoms with Gasteiger partial charge in [0.2, 0.25) is 0 Å². The number of hydrogen-bond acceptors (Lipinski definition) is 12. The molecule has 1 saturated heterocycles. The second-order valence-corrected chi connectivity index (χ2v) is 11.0. The highest BCUT2D eigenvalue weighted by atomic mass is 16.7. The van der Waals surface area contributed by atoms with Crippen LogP contribution in [0, 0.1) is 11.3 Å². The minimum atomic E-state index is -1.34. The van der Waals surface area contributed by atoms with Gasteiger partial charge in [-0.05, 0) is 61.1 Å². The van der Waals surface area contributed by atoms with Gasteiger partial charge < -0.3 is 33.2 Å². The molecule has 0 aromatic heterocycles. The van der Waals surface area contributed by atoms with Gasteiger partial charge >= 0.3 is 23.9 Å². The van der Waals surface area contributed by atoms with Crippen LogP contribution in [0.5, 0.6) is 11.5 Å². The zero-order chi connectivity index (χ0) is 32.7. The monoisotopic (exact) mass is 623 g/mol. The van der Waals surface area contributed by atoms with Crippen LogP contribution in [0.15, 0.2) is 36.4 Å². The predicted octanol–water partition coefficient (Wildman–Crippen LogP) is 3.89. The molecule has 2 aromatic rings. The van der Waals surface area contributed by atoms with Gasteiger partial charge in [-0.3, -0.25) is 19.2 Å². The largest absolute Gasteiger partial charge is 0.497 e. The van der Waals surface area contributed by atoms with Crippen molar-refractivity contribution < 1.29 is 52.3 Å². The van der Waals surface area contributed by atoms with Gasteiger partial charge in [-0.2, -0.15) is 5.26 Å². The molecule has 240 valence electrons. The number of carbonyl (C=O) groups is 4. The molecule has 0 radical (unpaired) electrons. The third kappa shape index (κ3) is 8.51. The highest BCUT2D eigenvalue weighted by Gasteiger charge is 2.53. The van der Waals surface area contributed by atoms with Crippen LogP contribution in [0.2, 0.25) is 0 Å². The number of methoxy groups -OCH3 is 1. The Morgan fingerprint density at radius 1 is 0.867 bits per heavy atom. The Morgan fingerprint density at radius 2 is 1.49 bits per heavy atom. The summed E-state index contributed by atoms with van der Waals surface area (Å²) in [6.45, 7) is 4.37. The summed E-state index contributed by atoms with van der Waals surface area (Å²) in [4.78, 5) is 48.7. The minimum absolute atomic E-state index is 0.103. The first kappa shape index (κ1) is 33.3. The maximum absolute atomic E-state index is 12.4. The molecule has 5 atom stereocenters. The van der Waals surface area contributed by atoms with Crippen molar-refractivity contribution in [2.45, 2.75) is 90.0 Å². The number of carbonyl (C=O) groups excluding carboxylic acids is 4. The summed E-state index contributed by atoms with van der Waals surface area (Å²) in [6.07, 6.45) is -3.36. The summed E-state index contributed by atoms with van der Waals surface area (Å²) in [7, 11) is 1.57. The van der Waals surface area contributed by atoms with E-state index in [9.17, 15) is 24.4 Å². The highest BCUT2D eigenvalue weighted by Crippen LogP contribution is 2.43. The van der Waals surface area contributed by atoms with Crippen LogP contribution in [-0.2, 0) is 49.3 Å². The summed E-state index contributed by atoms with van der Waals surface area (Å²) < 4.78 is 40.2.